The van der Waals surface area contributed by atoms with Crippen molar-refractivity contribution in [2.24, 2.45) is 0 Å². The normalized spacial score (nSPS) is 11.5. The van der Waals surface area contributed by atoms with E-state index >= 15 is 0 Å². The van der Waals surface area contributed by atoms with Crippen molar-refractivity contribution in [2.75, 3.05) is 13.1 Å². The number of ether oxygens (including phenoxy) is 1. The maximum Gasteiger partial charge on any atom is 0.343 e. The van der Waals surface area contributed by atoms with Crippen molar-refractivity contribution in [3.63, 3.8) is 0 Å². The summed E-state index contributed by atoms with van der Waals surface area (Å²) in [5.41, 5.74) is 0.832. The van der Waals surface area contributed by atoms with E-state index in [9.17, 15) is 13.2 Å². The number of hydrogen-bond donors (Lipinski definition) is 0. The summed E-state index contributed by atoms with van der Waals surface area (Å²) < 4.78 is 37.0. The first-order valence-electron chi connectivity index (χ1n) is 8.64. The highest BCUT2D eigenvalue weighted by Crippen LogP contribution is 2.22. The van der Waals surface area contributed by atoms with E-state index < -0.39 is 16.0 Å². The van der Waals surface area contributed by atoms with E-state index in [2.05, 4.69) is 10.2 Å². The van der Waals surface area contributed by atoms with Crippen LogP contribution in [0.4, 0.5) is 0 Å². The maximum absolute atomic E-state index is 12.6. The number of hydrogen-bond acceptors (Lipinski definition) is 7. The lowest BCUT2D eigenvalue weighted by Gasteiger charge is -2.18. The van der Waals surface area contributed by atoms with Gasteiger partial charge >= 0.3 is 5.97 Å². The second-order valence-corrected chi connectivity index (χ2v) is 7.71. The molecule has 0 aliphatic heterocycles. The summed E-state index contributed by atoms with van der Waals surface area (Å²) in [6, 6.07) is 12.4. The molecule has 146 valence electrons. The number of esters is 1. The lowest BCUT2D eigenvalue weighted by molar-refractivity contribution is 0.0734. The van der Waals surface area contributed by atoms with E-state index in [1.54, 1.807) is 38.1 Å². The van der Waals surface area contributed by atoms with E-state index in [1.807, 2.05) is 0 Å². The fraction of sp³-hybridized carbons (Fsp3) is 0.211. The van der Waals surface area contributed by atoms with Gasteiger partial charge in [-0.1, -0.05) is 19.9 Å². The van der Waals surface area contributed by atoms with Gasteiger partial charge < -0.3 is 9.15 Å². The molecule has 0 spiro atoms. The summed E-state index contributed by atoms with van der Waals surface area (Å²) in [7, 11) is -3.66. The van der Waals surface area contributed by atoms with E-state index in [0.717, 1.165) is 0 Å². The standard InChI is InChI=1S/C19H19N3O5S/c1-3-22(4-2)28(24,25)17-7-5-6-15(12-17)19(23)27-16-10-8-14(9-11-16)18-21-20-13-26-18/h5-13H,3-4H2,1-2H3. The molecule has 28 heavy (non-hydrogen) atoms. The average Bonchev–Trinajstić information content (AvgIpc) is 3.24. The van der Waals surface area contributed by atoms with Crippen LogP contribution in [-0.2, 0) is 10.0 Å². The Bertz CT molecular complexity index is 1040. The van der Waals surface area contributed by atoms with E-state index in [4.69, 9.17) is 9.15 Å². The molecule has 0 saturated heterocycles. The van der Waals surface area contributed by atoms with Gasteiger partial charge in [-0.05, 0) is 42.5 Å². The zero-order chi connectivity index (χ0) is 20.1. The lowest BCUT2D eigenvalue weighted by Crippen LogP contribution is -2.30. The van der Waals surface area contributed by atoms with Crippen molar-refractivity contribution < 1.29 is 22.4 Å². The summed E-state index contributed by atoms with van der Waals surface area (Å²) in [6.45, 7) is 4.22. The third kappa shape index (κ3) is 4.10. The average molecular weight is 401 g/mol. The topological polar surface area (TPSA) is 103 Å². The van der Waals surface area contributed by atoms with E-state index in [0.29, 0.717) is 30.3 Å². The molecule has 0 fully saturated rings. The molecule has 0 saturated carbocycles. The van der Waals surface area contributed by atoms with Crippen molar-refractivity contribution in [3.8, 4) is 17.2 Å². The number of aromatic nitrogens is 2. The van der Waals surface area contributed by atoms with Crippen molar-refractivity contribution >= 4 is 16.0 Å². The van der Waals surface area contributed by atoms with E-state index in [-0.39, 0.29) is 10.5 Å². The summed E-state index contributed by atoms with van der Waals surface area (Å²) in [4.78, 5) is 12.5. The molecule has 0 atom stereocenters. The first-order valence-corrected chi connectivity index (χ1v) is 10.1. The van der Waals surface area contributed by atoms with Crippen molar-refractivity contribution in [1.29, 1.82) is 0 Å². The van der Waals surface area contributed by atoms with Crippen LogP contribution in [0.3, 0.4) is 0 Å². The summed E-state index contributed by atoms with van der Waals surface area (Å²) in [5.74, 6) is 0.0135. The smallest absolute Gasteiger partial charge is 0.343 e. The van der Waals surface area contributed by atoms with Gasteiger partial charge in [0.25, 0.3) is 0 Å². The zero-order valence-corrected chi connectivity index (χ0v) is 16.2. The highest BCUT2D eigenvalue weighted by atomic mass is 32.2. The fourth-order valence-electron chi connectivity index (χ4n) is 2.63. The van der Waals surface area contributed by atoms with Crippen molar-refractivity contribution in [3.05, 3.63) is 60.5 Å². The van der Waals surface area contributed by atoms with Gasteiger partial charge in [-0.25, -0.2) is 13.2 Å². The summed E-state index contributed by atoms with van der Waals surface area (Å²) in [6.07, 6.45) is 1.22. The third-order valence-electron chi connectivity index (χ3n) is 4.08. The van der Waals surface area contributed by atoms with Gasteiger partial charge in [-0.2, -0.15) is 4.31 Å². The first kappa shape index (κ1) is 19.7. The lowest BCUT2D eigenvalue weighted by atomic mass is 10.2. The predicted molar refractivity (Wildman–Crippen MR) is 101 cm³/mol. The molecule has 0 amide bonds. The summed E-state index contributed by atoms with van der Waals surface area (Å²) in [5, 5.41) is 7.41. The van der Waals surface area contributed by atoms with Gasteiger partial charge in [0.1, 0.15) is 5.75 Å². The Labute approximate surface area is 162 Å². The fourth-order valence-corrected chi connectivity index (χ4v) is 4.13. The van der Waals surface area contributed by atoms with Crippen molar-refractivity contribution in [1.82, 2.24) is 14.5 Å². The molecule has 0 N–H and O–H groups in total. The SMILES string of the molecule is CCN(CC)S(=O)(=O)c1cccc(C(=O)Oc2ccc(-c3nnco3)cc2)c1. The maximum atomic E-state index is 12.6. The van der Waals surface area contributed by atoms with Gasteiger partial charge in [0, 0.05) is 18.7 Å². The molecular formula is C19H19N3O5S. The van der Waals surface area contributed by atoms with Crippen molar-refractivity contribution in [2.45, 2.75) is 18.7 Å². The Balaban J connectivity index is 1.78. The monoisotopic (exact) mass is 401 g/mol. The Morgan fingerprint density at radius 2 is 1.82 bits per heavy atom. The molecule has 8 nitrogen and oxygen atoms in total. The van der Waals surface area contributed by atoms with Gasteiger partial charge in [0.15, 0.2) is 0 Å². The van der Waals surface area contributed by atoms with Gasteiger partial charge in [0.2, 0.25) is 22.3 Å². The minimum Gasteiger partial charge on any atom is -0.423 e. The highest BCUT2D eigenvalue weighted by Gasteiger charge is 2.23. The molecule has 0 bridgehead atoms. The quantitative estimate of drug-likeness (QED) is 0.443. The molecule has 1 aromatic heterocycles. The van der Waals surface area contributed by atoms with Crippen LogP contribution >= 0.6 is 0 Å². The largest absolute Gasteiger partial charge is 0.423 e. The van der Waals surface area contributed by atoms with Crippen LogP contribution in [0.25, 0.3) is 11.5 Å². The molecule has 9 heteroatoms. The highest BCUT2D eigenvalue weighted by molar-refractivity contribution is 7.89. The summed E-state index contributed by atoms with van der Waals surface area (Å²) >= 11 is 0. The molecule has 0 aliphatic rings. The van der Waals surface area contributed by atoms with Crippen LogP contribution in [-0.4, -0.2) is 42.0 Å². The van der Waals surface area contributed by atoms with Crippen LogP contribution in [0.1, 0.15) is 24.2 Å². The van der Waals surface area contributed by atoms with Crippen LogP contribution < -0.4 is 4.74 Å². The molecule has 3 aromatic rings. The number of sulfonamides is 1. The Hall–Kier alpha value is -3.04. The Morgan fingerprint density at radius 1 is 1.11 bits per heavy atom. The van der Waals surface area contributed by atoms with Gasteiger partial charge in [-0.3, -0.25) is 0 Å². The molecule has 1 heterocycles. The molecular weight excluding hydrogens is 382 g/mol. The van der Waals surface area contributed by atoms with Crippen LogP contribution in [0.15, 0.2) is 64.2 Å². The number of benzene rings is 2. The molecule has 0 aliphatic carbocycles. The molecule has 0 unspecified atom stereocenters. The molecule has 0 radical (unpaired) electrons. The second-order valence-electron chi connectivity index (χ2n) is 5.77. The minimum atomic E-state index is -3.66. The molecule has 2 aromatic carbocycles. The minimum absolute atomic E-state index is 0.0531. The number of rotatable bonds is 7. The first-order chi connectivity index (χ1) is 13.5. The molecule has 3 rings (SSSR count). The van der Waals surface area contributed by atoms with Crippen LogP contribution in [0, 0.1) is 0 Å². The van der Waals surface area contributed by atoms with Crippen LogP contribution in [0.2, 0.25) is 0 Å². The predicted octanol–water partition coefficient (Wildman–Crippen LogP) is 2.99. The Morgan fingerprint density at radius 3 is 2.43 bits per heavy atom. The Kier molecular flexibility index (Phi) is 5.86. The zero-order valence-electron chi connectivity index (χ0n) is 15.4. The van der Waals surface area contributed by atoms with E-state index in [1.165, 1.54) is 35.0 Å². The van der Waals surface area contributed by atoms with Gasteiger partial charge in [-0.15, -0.1) is 10.2 Å². The van der Waals surface area contributed by atoms with Crippen LogP contribution in [0.5, 0.6) is 5.75 Å². The van der Waals surface area contributed by atoms with Gasteiger partial charge in [0.05, 0.1) is 10.5 Å². The third-order valence-corrected chi connectivity index (χ3v) is 6.13. The number of carbonyl (C=O) groups is 1. The second kappa shape index (κ2) is 8.32. The number of carbonyl (C=O) groups excluding carboxylic acids is 1. The number of nitrogens with zero attached hydrogens (tertiary/aromatic N) is 3.